The molecule has 1 N–H and O–H groups in total. The fourth-order valence-corrected chi connectivity index (χ4v) is 4.71. The Morgan fingerprint density at radius 1 is 1.20 bits per heavy atom. The molecule has 0 saturated carbocycles. The molecule has 30 heavy (non-hydrogen) atoms. The first kappa shape index (κ1) is 20.4. The molecule has 6 nitrogen and oxygen atoms in total. The molecule has 0 radical (unpaired) electrons. The van der Waals surface area contributed by atoms with Crippen LogP contribution in [0.2, 0.25) is 0 Å². The van der Waals surface area contributed by atoms with E-state index in [1.54, 1.807) is 12.1 Å². The van der Waals surface area contributed by atoms with E-state index in [0.717, 1.165) is 40.5 Å². The van der Waals surface area contributed by atoms with Gasteiger partial charge in [0.1, 0.15) is 6.54 Å². The number of rotatable bonds is 4. The van der Waals surface area contributed by atoms with Crippen LogP contribution in [-0.4, -0.2) is 20.0 Å². The summed E-state index contributed by atoms with van der Waals surface area (Å²) in [7, 11) is -2.30. The van der Waals surface area contributed by atoms with Gasteiger partial charge in [0.25, 0.3) is 15.6 Å². The highest BCUT2D eigenvalue weighted by atomic mass is 32.2. The second-order valence-corrected chi connectivity index (χ2v) is 9.32. The topological polar surface area (TPSA) is 74.6 Å². The summed E-state index contributed by atoms with van der Waals surface area (Å²) < 4.78 is 40.7. The van der Waals surface area contributed by atoms with Crippen molar-refractivity contribution >= 4 is 33.0 Å². The van der Waals surface area contributed by atoms with Crippen molar-refractivity contribution in [3.63, 3.8) is 0 Å². The Hall–Kier alpha value is -2.90. The van der Waals surface area contributed by atoms with Gasteiger partial charge in [0.05, 0.1) is 11.0 Å². The monoisotopic (exact) mass is 425 g/mol. The first-order chi connectivity index (χ1) is 14.1. The molecule has 1 aliphatic heterocycles. The summed E-state index contributed by atoms with van der Waals surface area (Å²) in [5.74, 6) is 0.764. The van der Waals surface area contributed by atoms with Crippen molar-refractivity contribution in [2.24, 2.45) is 0 Å². The molecule has 0 atom stereocenters. The molecule has 4 rings (SSSR count). The molecule has 0 aliphatic carbocycles. The molecule has 0 amide bonds. The number of allylic oxidation sites excluding steroid dienone is 3. The van der Waals surface area contributed by atoms with Gasteiger partial charge in [-0.1, -0.05) is 32.1 Å². The van der Waals surface area contributed by atoms with E-state index < -0.39 is 15.5 Å². The minimum Gasteiger partial charge on any atom is -0.398 e. The predicted octanol–water partition coefficient (Wildman–Crippen LogP) is 4.31. The average Bonchev–Trinajstić information content (AvgIpc) is 3.14. The van der Waals surface area contributed by atoms with E-state index in [-0.39, 0.29) is 4.90 Å². The van der Waals surface area contributed by atoms with E-state index in [4.69, 9.17) is 4.42 Å². The molecule has 3 aromatic rings. The molecule has 0 fully saturated rings. The lowest BCUT2D eigenvalue weighted by molar-refractivity contribution is -0.674. The zero-order valence-electron chi connectivity index (χ0n) is 17.5. The van der Waals surface area contributed by atoms with Crippen LogP contribution in [0.5, 0.6) is 0 Å². The van der Waals surface area contributed by atoms with Gasteiger partial charge < -0.3 is 9.32 Å². The van der Waals surface area contributed by atoms with Crippen LogP contribution in [-0.2, 0) is 22.1 Å². The molecule has 156 valence electrons. The van der Waals surface area contributed by atoms with Gasteiger partial charge in [-0.15, -0.1) is 0 Å². The Balaban J connectivity index is 1.72. The van der Waals surface area contributed by atoms with Crippen LogP contribution in [0.3, 0.4) is 0 Å². The molecule has 1 aromatic heterocycles. The number of likely N-dealkylation sites (N-methyl/N-ethyl adjacent to an activating group) is 1. The predicted molar refractivity (Wildman–Crippen MR) is 117 cm³/mol. The van der Waals surface area contributed by atoms with Crippen molar-refractivity contribution in [3.05, 3.63) is 71.8 Å². The van der Waals surface area contributed by atoms with Crippen LogP contribution in [0.4, 0.5) is 5.69 Å². The van der Waals surface area contributed by atoms with Gasteiger partial charge in [-0.3, -0.25) is 4.55 Å². The first-order valence-electron chi connectivity index (χ1n) is 9.80. The second-order valence-electron chi connectivity index (χ2n) is 7.90. The van der Waals surface area contributed by atoms with Gasteiger partial charge in [0, 0.05) is 29.9 Å². The first-order valence-corrected chi connectivity index (χ1v) is 11.2. The Labute approximate surface area is 176 Å². The fourth-order valence-electron chi connectivity index (χ4n) is 4.20. The van der Waals surface area contributed by atoms with E-state index in [0.29, 0.717) is 0 Å². The molecule has 0 saturated heterocycles. The molecule has 0 unspecified atom stereocenters. The van der Waals surface area contributed by atoms with Crippen LogP contribution in [0, 0.1) is 0 Å². The van der Waals surface area contributed by atoms with Gasteiger partial charge in [0.2, 0.25) is 5.58 Å². The van der Waals surface area contributed by atoms with Crippen molar-refractivity contribution in [3.8, 4) is 0 Å². The Morgan fingerprint density at radius 3 is 2.63 bits per heavy atom. The van der Waals surface area contributed by atoms with Gasteiger partial charge >= 0.3 is 5.89 Å². The summed E-state index contributed by atoms with van der Waals surface area (Å²) in [6, 6.07) is 12.6. The number of aromatic nitrogens is 1. The van der Waals surface area contributed by atoms with E-state index >= 15 is 0 Å². The van der Waals surface area contributed by atoms with Crippen LogP contribution < -0.4 is 9.47 Å². The Bertz CT molecular complexity index is 1300. The van der Waals surface area contributed by atoms with Gasteiger partial charge in [-0.05, 0) is 42.8 Å². The number of hydrogen-bond acceptors (Lipinski definition) is 4. The SMILES string of the molecule is CC[n+]1c(/C=C/C=C2/N(C)c3ccc(S(=O)(=O)O)cc3C2(C)C)oc2ccccc21. The summed E-state index contributed by atoms with van der Waals surface area (Å²) in [6.45, 7) is 6.95. The maximum atomic E-state index is 11.6. The summed E-state index contributed by atoms with van der Waals surface area (Å²) in [6.07, 6.45) is 5.90. The van der Waals surface area contributed by atoms with Gasteiger partial charge in [-0.2, -0.15) is 13.0 Å². The second kappa shape index (κ2) is 7.11. The third-order valence-electron chi connectivity index (χ3n) is 5.75. The summed E-state index contributed by atoms with van der Waals surface area (Å²) >= 11 is 0. The summed E-state index contributed by atoms with van der Waals surface area (Å²) in [5.41, 5.74) is 4.25. The molecule has 0 bridgehead atoms. The van der Waals surface area contributed by atoms with E-state index in [1.807, 2.05) is 68.3 Å². The zero-order chi connectivity index (χ0) is 21.7. The maximum Gasteiger partial charge on any atom is 0.374 e. The molecule has 1 aliphatic rings. The smallest absolute Gasteiger partial charge is 0.374 e. The molecule has 2 heterocycles. The van der Waals surface area contributed by atoms with E-state index in [9.17, 15) is 13.0 Å². The number of para-hydroxylation sites is 2. The lowest BCUT2D eigenvalue weighted by atomic mass is 9.84. The van der Waals surface area contributed by atoms with Crippen molar-refractivity contribution in [1.29, 1.82) is 0 Å². The number of hydrogen-bond donors (Lipinski definition) is 1. The fraction of sp³-hybridized carbons (Fsp3) is 0.261. The standard InChI is InChI=1S/C23H24N2O4S/c1-5-25-19-9-6-7-10-20(19)29-22(25)12-8-11-21-23(2,3)17-15-16(30(26,27)28)13-14-18(17)24(21)4/h6-15H,5H2,1-4H3/p+1. The molecule has 0 spiro atoms. The van der Waals surface area contributed by atoms with Gasteiger partial charge in [-0.25, -0.2) is 0 Å². The van der Waals surface area contributed by atoms with Gasteiger partial charge in [0.15, 0.2) is 0 Å². The lowest BCUT2D eigenvalue weighted by Gasteiger charge is -2.23. The molecule has 7 heteroatoms. The van der Waals surface area contributed by atoms with Crippen LogP contribution >= 0.6 is 0 Å². The van der Waals surface area contributed by atoms with Crippen molar-refractivity contribution in [2.75, 3.05) is 11.9 Å². The number of oxazole rings is 1. The molecular weight excluding hydrogens is 400 g/mol. The van der Waals surface area contributed by atoms with Crippen molar-refractivity contribution in [2.45, 2.75) is 37.6 Å². The van der Waals surface area contributed by atoms with Crippen LogP contribution in [0.15, 0.2) is 69.6 Å². The third-order valence-corrected chi connectivity index (χ3v) is 6.60. The highest BCUT2D eigenvalue weighted by molar-refractivity contribution is 7.85. The maximum absolute atomic E-state index is 11.6. The number of anilines is 1. The zero-order valence-corrected chi connectivity index (χ0v) is 18.3. The average molecular weight is 426 g/mol. The normalized spacial score (nSPS) is 17.4. The summed E-state index contributed by atoms with van der Waals surface area (Å²) in [4.78, 5) is 1.95. The molecular formula is C23H25N2O4S+. The number of aryl methyl sites for hydroxylation is 1. The van der Waals surface area contributed by atoms with Crippen LogP contribution in [0.1, 0.15) is 32.2 Å². The highest BCUT2D eigenvalue weighted by Gasteiger charge is 2.39. The minimum absolute atomic E-state index is 0.0919. The third kappa shape index (κ3) is 3.24. The number of nitrogens with zero attached hydrogens (tertiary/aromatic N) is 2. The Morgan fingerprint density at radius 2 is 1.93 bits per heavy atom. The van der Waals surface area contributed by atoms with E-state index in [2.05, 4.69) is 11.5 Å². The number of fused-ring (bicyclic) bond motifs is 2. The van der Waals surface area contributed by atoms with E-state index in [1.165, 1.54) is 6.07 Å². The highest BCUT2D eigenvalue weighted by Crippen LogP contribution is 2.47. The molecule has 2 aromatic carbocycles. The summed E-state index contributed by atoms with van der Waals surface area (Å²) in [5, 5.41) is 0. The Kier molecular flexibility index (Phi) is 4.83. The number of benzene rings is 2. The van der Waals surface area contributed by atoms with Crippen molar-refractivity contribution < 1.29 is 22.0 Å². The largest absolute Gasteiger partial charge is 0.398 e. The minimum atomic E-state index is -4.25. The van der Waals surface area contributed by atoms with Crippen molar-refractivity contribution in [1.82, 2.24) is 0 Å². The van der Waals surface area contributed by atoms with Crippen LogP contribution in [0.25, 0.3) is 17.2 Å². The lowest BCUT2D eigenvalue weighted by Crippen LogP contribution is -2.33. The quantitative estimate of drug-likeness (QED) is 0.498.